The summed E-state index contributed by atoms with van der Waals surface area (Å²) in [5.41, 5.74) is 1.27. The molecule has 0 bridgehead atoms. The van der Waals surface area contributed by atoms with Gasteiger partial charge in [-0.25, -0.2) is 0 Å². The van der Waals surface area contributed by atoms with Gasteiger partial charge in [0, 0.05) is 11.1 Å². The van der Waals surface area contributed by atoms with Crippen molar-refractivity contribution in [2.24, 2.45) is 0 Å². The van der Waals surface area contributed by atoms with E-state index in [0.29, 0.717) is 5.56 Å². The molecule has 0 aromatic heterocycles. The molecule has 0 radical (unpaired) electrons. The molecular formula is C15H22N2O2. The Morgan fingerprint density at radius 2 is 1.84 bits per heavy atom. The smallest absolute Gasteiger partial charge is 0.251 e. The summed E-state index contributed by atoms with van der Waals surface area (Å²) in [5.74, 6) is -0.422. The summed E-state index contributed by atoms with van der Waals surface area (Å²) in [4.78, 5) is 23.9. The van der Waals surface area contributed by atoms with Crippen molar-refractivity contribution in [1.29, 1.82) is 0 Å². The molecule has 1 aromatic carbocycles. The third kappa shape index (κ3) is 5.12. The molecule has 2 amide bonds. The number of amides is 2. The van der Waals surface area contributed by atoms with Gasteiger partial charge >= 0.3 is 0 Å². The van der Waals surface area contributed by atoms with Crippen molar-refractivity contribution in [2.45, 2.75) is 46.2 Å². The van der Waals surface area contributed by atoms with E-state index in [1.165, 1.54) is 0 Å². The minimum absolute atomic E-state index is 0.187. The van der Waals surface area contributed by atoms with Gasteiger partial charge in [0.25, 0.3) is 5.91 Å². The SMILES string of the molecule is Cc1cccc(C(=O)NC(C)C(=O)NC(C)(C)C)c1. The predicted molar refractivity (Wildman–Crippen MR) is 76.0 cm³/mol. The minimum atomic E-state index is -0.563. The van der Waals surface area contributed by atoms with E-state index in [4.69, 9.17) is 0 Å². The average molecular weight is 262 g/mol. The summed E-state index contributed by atoms with van der Waals surface area (Å²) in [6, 6.07) is 6.71. The molecule has 4 nitrogen and oxygen atoms in total. The Hall–Kier alpha value is -1.84. The highest BCUT2D eigenvalue weighted by atomic mass is 16.2. The van der Waals surface area contributed by atoms with Crippen LogP contribution in [0.2, 0.25) is 0 Å². The number of carbonyl (C=O) groups excluding carboxylic acids is 2. The van der Waals surface area contributed by atoms with Crippen LogP contribution < -0.4 is 10.6 Å². The fourth-order valence-corrected chi connectivity index (χ4v) is 1.61. The highest BCUT2D eigenvalue weighted by Crippen LogP contribution is 2.05. The number of carbonyl (C=O) groups is 2. The lowest BCUT2D eigenvalue weighted by Crippen LogP contribution is -2.50. The van der Waals surface area contributed by atoms with Crippen molar-refractivity contribution in [2.75, 3.05) is 0 Å². The largest absolute Gasteiger partial charge is 0.350 e. The summed E-state index contributed by atoms with van der Waals surface area (Å²) in [6.07, 6.45) is 0. The number of hydrogen-bond acceptors (Lipinski definition) is 2. The molecule has 4 heteroatoms. The third-order valence-corrected chi connectivity index (χ3v) is 2.52. The van der Waals surface area contributed by atoms with Crippen LogP contribution in [-0.2, 0) is 4.79 Å². The van der Waals surface area contributed by atoms with Gasteiger partial charge < -0.3 is 10.6 Å². The molecule has 1 rings (SSSR count). The van der Waals surface area contributed by atoms with E-state index in [0.717, 1.165) is 5.56 Å². The molecule has 0 aliphatic carbocycles. The van der Waals surface area contributed by atoms with Crippen LogP contribution in [0.4, 0.5) is 0 Å². The van der Waals surface area contributed by atoms with Gasteiger partial charge in [-0.3, -0.25) is 9.59 Å². The fourth-order valence-electron chi connectivity index (χ4n) is 1.61. The van der Waals surface area contributed by atoms with Gasteiger partial charge in [0.05, 0.1) is 0 Å². The Kier molecular flexibility index (Phi) is 4.70. The van der Waals surface area contributed by atoms with Crippen LogP contribution in [0.5, 0.6) is 0 Å². The van der Waals surface area contributed by atoms with Crippen LogP contribution in [-0.4, -0.2) is 23.4 Å². The van der Waals surface area contributed by atoms with Crippen LogP contribution in [0.25, 0.3) is 0 Å². The summed E-state index contributed by atoms with van der Waals surface area (Å²) in [6.45, 7) is 9.31. The first-order valence-corrected chi connectivity index (χ1v) is 6.38. The monoisotopic (exact) mass is 262 g/mol. The maximum Gasteiger partial charge on any atom is 0.251 e. The molecule has 1 atom stereocenters. The lowest BCUT2D eigenvalue weighted by atomic mass is 10.1. The molecule has 0 saturated carbocycles. The van der Waals surface area contributed by atoms with E-state index in [9.17, 15) is 9.59 Å². The quantitative estimate of drug-likeness (QED) is 0.875. The highest BCUT2D eigenvalue weighted by molar-refractivity contribution is 5.97. The van der Waals surface area contributed by atoms with Crippen LogP contribution in [0.3, 0.4) is 0 Å². The Balaban J connectivity index is 2.64. The molecule has 0 spiro atoms. The molecule has 1 aromatic rings. The minimum Gasteiger partial charge on any atom is -0.350 e. The van der Waals surface area contributed by atoms with Crippen molar-refractivity contribution < 1.29 is 9.59 Å². The van der Waals surface area contributed by atoms with E-state index in [1.54, 1.807) is 19.1 Å². The lowest BCUT2D eigenvalue weighted by molar-refractivity contribution is -0.124. The zero-order chi connectivity index (χ0) is 14.6. The maximum atomic E-state index is 12.0. The van der Waals surface area contributed by atoms with Crippen molar-refractivity contribution in [1.82, 2.24) is 10.6 Å². The topological polar surface area (TPSA) is 58.2 Å². The predicted octanol–water partition coefficient (Wildman–Crippen LogP) is 2.03. The fraction of sp³-hybridized carbons (Fsp3) is 0.467. The van der Waals surface area contributed by atoms with Crippen molar-refractivity contribution in [3.05, 3.63) is 35.4 Å². The van der Waals surface area contributed by atoms with E-state index < -0.39 is 6.04 Å². The second-order valence-electron chi connectivity index (χ2n) is 5.80. The molecule has 0 fully saturated rings. The molecule has 0 heterocycles. The lowest BCUT2D eigenvalue weighted by Gasteiger charge is -2.23. The second kappa shape index (κ2) is 5.87. The zero-order valence-corrected chi connectivity index (χ0v) is 12.2. The number of rotatable bonds is 3. The molecule has 2 N–H and O–H groups in total. The summed E-state index contributed by atoms with van der Waals surface area (Å²) < 4.78 is 0. The van der Waals surface area contributed by atoms with Crippen LogP contribution in [0, 0.1) is 6.92 Å². The van der Waals surface area contributed by atoms with Crippen molar-refractivity contribution >= 4 is 11.8 Å². The molecule has 104 valence electrons. The van der Waals surface area contributed by atoms with Gasteiger partial charge in [-0.05, 0) is 46.8 Å². The van der Waals surface area contributed by atoms with E-state index >= 15 is 0 Å². The molecule has 19 heavy (non-hydrogen) atoms. The first kappa shape index (κ1) is 15.2. The maximum absolute atomic E-state index is 12.0. The first-order chi connectivity index (χ1) is 8.69. The van der Waals surface area contributed by atoms with Gasteiger partial charge in [-0.2, -0.15) is 0 Å². The summed E-state index contributed by atoms with van der Waals surface area (Å²) >= 11 is 0. The standard InChI is InChI=1S/C15H22N2O2/c1-10-7-6-8-12(9-10)14(19)16-11(2)13(18)17-15(3,4)5/h6-9,11H,1-5H3,(H,16,19)(H,17,18). The first-order valence-electron chi connectivity index (χ1n) is 6.38. The molecular weight excluding hydrogens is 240 g/mol. The van der Waals surface area contributed by atoms with Gasteiger partial charge in [0.2, 0.25) is 5.91 Å². The Labute approximate surface area is 114 Å². The van der Waals surface area contributed by atoms with E-state index in [2.05, 4.69) is 10.6 Å². The summed E-state index contributed by atoms with van der Waals surface area (Å²) in [5, 5.41) is 5.53. The Bertz CT molecular complexity index is 475. The number of hydrogen-bond donors (Lipinski definition) is 2. The molecule has 1 unspecified atom stereocenters. The van der Waals surface area contributed by atoms with E-state index in [1.807, 2.05) is 39.8 Å². The van der Waals surface area contributed by atoms with Crippen LogP contribution >= 0.6 is 0 Å². The van der Waals surface area contributed by atoms with Gasteiger partial charge in [-0.1, -0.05) is 17.7 Å². The van der Waals surface area contributed by atoms with Crippen LogP contribution in [0.1, 0.15) is 43.6 Å². The van der Waals surface area contributed by atoms with E-state index in [-0.39, 0.29) is 17.4 Å². The van der Waals surface area contributed by atoms with Crippen molar-refractivity contribution in [3.63, 3.8) is 0 Å². The average Bonchev–Trinajstić information content (AvgIpc) is 2.26. The third-order valence-electron chi connectivity index (χ3n) is 2.52. The highest BCUT2D eigenvalue weighted by Gasteiger charge is 2.21. The normalized spacial score (nSPS) is 12.7. The van der Waals surface area contributed by atoms with Gasteiger partial charge in [-0.15, -0.1) is 0 Å². The summed E-state index contributed by atoms with van der Waals surface area (Å²) in [7, 11) is 0. The molecule has 0 aliphatic heterocycles. The molecule has 0 aliphatic rings. The Morgan fingerprint density at radius 3 is 2.37 bits per heavy atom. The van der Waals surface area contributed by atoms with Crippen molar-refractivity contribution in [3.8, 4) is 0 Å². The molecule has 0 saturated heterocycles. The number of nitrogens with one attached hydrogen (secondary N) is 2. The Morgan fingerprint density at radius 1 is 1.21 bits per heavy atom. The van der Waals surface area contributed by atoms with Gasteiger partial charge in [0.1, 0.15) is 6.04 Å². The number of benzene rings is 1. The van der Waals surface area contributed by atoms with Crippen LogP contribution in [0.15, 0.2) is 24.3 Å². The zero-order valence-electron chi connectivity index (χ0n) is 12.2. The number of aryl methyl sites for hydroxylation is 1. The van der Waals surface area contributed by atoms with Gasteiger partial charge in [0.15, 0.2) is 0 Å². The second-order valence-corrected chi connectivity index (χ2v) is 5.80.